The zero-order chi connectivity index (χ0) is 14.8. The van der Waals surface area contributed by atoms with Crippen molar-refractivity contribution in [3.05, 3.63) is 16.1 Å². The summed E-state index contributed by atoms with van der Waals surface area (Å²) < 4.78 is 10.8. The molecule has 0 amide bonds. The summed E-state index contributed by atoms with van der Waals surface area (Å²) in [6.45, 7) is 7.26. The van der Waals surface area contributed by atoms with Gasteiger partial charge in [-0.25, -0.2) is 9.78 Å². The molecule has 1 heterocycles. The number of thiazole rings is 1. The first-order valence-electron chi connectivity index (χ1n) is 7.11. The van der Waals surface area contributed by atoms with Crippen LogP contribution in [0.15, 0.2) is 6.20 Å². The standard InChI is InChI=1S/C15H23NO3S/c1-5-19-15(8-6-14(2,3)7-9-15)13-16-10-11(20-13)12(17)18-4/h10H,5-9H2,1-4H3. The average Bonchev–Trinajstić information content (AvgIpc) is 2.91. The Hall–Kier alpha value is -0.940. The monoisotopic (exact) mass is 297 g/mol. The predicted molar refractivity (Wildman–Crippen MR) is 79.0 cm³/mol. The number of hydrogen-bond acceptors (Lipinski definition) is 5. The molecule has 0 unspecified atom stereocenters. The number of esters is 1. The van der Waals surface area contributed by atoms with Gasteiger partial charge in [0.1, 0.15) is 15.5 Å². The van der Waals surface area contributed by atoms with Crippen molar-refractivity contribution in [2.45, 2.75) is 52.1 Å². The van der Waals surface area contributed by atoms with Gasteiger partial charge < -0.3 is 9.47 Å². The minimum Gasteiger partial charge on any atom is -0.465 e. The number of carbonyl (C=O) groups is 1. The Bertz CT molecular complexity index is 471. The van der Waals surface area contributed by atoms with Crippen molar-refractivity contribution in [2.24, 2.45) is 5.41 Å². The van der Waals surface area contributed by atoms with E-state index in [2.05, 4.69) is 18.8 Å². The van der Waals surface area contributed by atoms with Crippen LogP contribution in [0, 0.1) is 5.41 Å². The number of hydrogen-bond donors (Lipinski definition) is 0. The molecule has 0 spiro atoms. The van der Waals surface area contributed by atoms with Crippen LogP contribution >= 0.6 is 11.3 Å². The van der Waals surface area contributed by atoms with Crippen LogP contribution < -0.4 is 0 Å². The van der Waals surface area contributed by atoms with Crippen molar-refractivity contribution in [1.82, 2.24) is 4.98 Å². The van der Waals surface area contributed by atoms with Crippen molar-refractivity contribution in [3.8, 4) is 0 Å². The highest BCUT2D eigenvalue weighted by Gasteiger charge is 2.42. The molecule has 4 nitrogen and oxygen atoms in total. The first-order valence-corrected chi connectivity index (χ1v) is 7.93. The Balaban J connectivity index is 2.25. The van der Waals surface area contributed by atoms with Gasteiger partial charge >= 0.3 is 5.97 Å². The minimum atomic E-state index is -0.323. The van der Waals surface area contributed by atoms with Crippen LogP contribution in [0.4, 0.5) is 0 Å². The third kappa shape index (κ3) is 3.04. The first-order chi connectivity index (χ1) is 9.42. The predicted octanol–water partition coefficient (Wildman–Crippen LogP) is 3.76. The van der Waals surface area contributed by atoms with Gasteiger partial charge in [-0.15, -0.1) is 11.3 Å². The van der Waals surface area contributed by atoms with Crippen LogP contribution in [0.25, 0.3) is 0 Å². The molecule has 1 aromatic heterocycles. The summed E-state index contributed by atoms with van der Waals surface area (Å²) in [4.78, 5) is 16.6. The van der Waals surface area contributed by atoms with Crippen molar-refractivity contribution in [2.75, 3.05) is 13.7 Å². The fourth-order valence-electron chi connectivity index (χ4n) is 2.71. The lowest BCUT2D eigenvalue weighted by atomic mass is 9.71. The van der Waals surface area contributed by atoms with Crippen LogP contribution in [0.1, 0.15) is 61.1 Å². The van der Waals surface area contributed by atoms with Crippen LogP contribution in [0.3, 0.4) is 0 Å². The summed E-state index contributed by atoms with van der Waals surface area (Å²) >= 11 is 1.40. The Kier molecular flexibility index (Phi) is 4.49. The Labute approximate surface area is 124 Å². The first kappa shape index (κ1) is 15.4. The molecule has 5 heteroatoms. The van der Waals surface area contributed by atoms with Gasteiger partial charge in [-0.2, -0.15) is 0 Å². The lowest BCUT2D eigenvalue weighted by molar-refractivity contribution is -0.0890. The molecule has 0 radical (unpaired) electrons. The second-order valence-electron chi connectivity index (χ2n) is 6.11. The van der Waals surface area contributed by atoms with E-state index in [4.69, 9.17) is 9.47 Å². The van der Waals surface area contributed by atoms with Crippen molar-refractivity contribution < 1.29 is 14.3 Å². The Morgan fingerprint density at radius 1 is 1.35 bits per heavy atom. The van der Waals surface area contributed by atoms with E-state index in [1.807, 2.05) is 6.92 Å². The number of carbonyl (C=O) groups excluding carboxylic acids is 1. The van der Waals surface area contributed by atoms with Gasteiger partial charge in [0, 0.05) is 6.61 Å². The third-order valence-corrected chi connectivity index (χ3v) is 5.28. The van der Waals surface area contributed by atoms with E-state index in [0.717, 1.165) is 30.7 Å². The second kappa shape index (κ2) is 5.82. The fraction of sp³-hybridized carbons (Fsp3) is 0.733. The highest BCUT2D eigenvalue weighted by atomic mass is 32.1. The molecule has 1 fully saturated rings. The third-order valence-electron chi connectivity index (χ3n) is 4.11. The number of nitrogens with zero attached hydrogens (tertiary/aromatic N) is 1. The minimum absolute atomic E-state index is 0.318. The molecule has 112 valence electrons. The number of methoxy groups -OCH3 is 1. The Morgan fingerprint density at radius 2 is 2.00 bits per heavy atom. The summed E-state index contributed by atoms with van der Waals surface area (Å²) in [5, 5.41) is 0.912. The van der Waals surface area contributed by atoms with Gasteiger partial charge in [0.05, 0.1) is 13.3 Å². The van der Waals surface area contributed by atoms with Crippen molar-refractivity contribution in [3.63, 3.8) is 0 Å². The van der Waals surface area contributed by atoms with Crippen LogP contribution in [0.5, 0.6) is 0 Å². The fourth-order valence-corrected chi connectivity index (χ4v) is 3.74. The SMILES string of the molecule is CCOC1(c2ncc(C(=O)OC)s2)CCC(C)(C)CC1. The summed E-state index contributed by atoms with van der Waals surface area (Å²) in [6, 6.07) is 0. The lowest BCUT2D eigenvalue weighted by Crippen LogP contribution is -2.37. The van der Waals surface area contributed by atoms with E-state index in [0.29, 0.717) is 16.9 Å². The number of aromatic nitrogens is 1. The molecule has 20 heavy (non-hydrogen) atoms. The zero-order valence-corrected chi connectivity index (χ0v) is 13.5. The molecule has 1 aliphatic carbocycles. The van der Waals surface area contributed by atoms with Gasteiger partial charge in [0.25, 0.3) is 0 Å². The largest absolute Gasteiger partial charge is 0.465 e. The lowest BCUT2D eigenvalue weighted by Gasteiger charge is -2.42. The summed E-state index contributed by atoms with van der Waals surface area (Å²) in [5.74, 6) is -0.323. The number of rotatable bonds is 4. The van der Waals surface area contributed by atoms with Crippen molar-refractivity contribution in [1.29, 1.82) is 0 Å². The summed E-state index contributed by atoms with van der Waals surface area (Å²) in [5.41, 5.74) is 0.0459. The molecule has 0 aliphatic heterocycles. The summed E-state index contributed by atoms with van der Waals surface area (Å²) in [6.07, 6.45) is 5.75. The quantitative estimate of drug-likeness (QED) is 0.794. The van der Waals surface area contributed by atoms with Gasteiger partial charge in [-0.05, 0) is 38.0 Å². The van der Waals surface area contributed by atoms with E-state index < -0.39 is 0 Å². The normalized spacial score (nSPS) is 20.6. The van der Waals surface area contributed by atoms with E-state index in [-0.39, 0.29) is 11.6 Å². The van der Waals surface area contributed by atoms with Gasteiger partial charge in [-0.1, -0.05) is 13.8 Å². The van der Waals surface area contributed by atoms with E-state index in [9.17, 15) is 4.79 Å². The van der Waals surface area contributed by atoms with E-state index in [1.54, 1.807) is 6.20 Å². The molecular formula is C15H23NO3S. The summed E-state index contributed by atoms with van der Waals surface area (Å²) in [7, 11) is 1.39. The van der Waals surface area contributed by atoms with Crippen LogP contribution in [-0.4, -0.2) is 24.7 Å². The van der Waals surface area contributed by atoms with E-state index in [1.165, 1.54) is 18.4 Å². The molecule has 2 rings (SSSR count). The molecular weight excluding hydrogens is 274 g/mol. The van der Waals surface area contributed by atoms with Crippen molar-refractivity contribution >= 4 is 17.3 Å². The smallest absolute Gasteiger partial charge is 0.349 e. The number of ether oxygens (including phenoxy) is 2. The maximum absolute atomic E-state index is 11.6. The molecule has 1 aromatic rings. The van der Waals surface area contributed by atoms with Gasteiger partial charge in [0.15, 0.2) is 0 Å². The highest BCUT2D eigenvalue weighted by Crippen LogP contribution is 2.48. The van der Waals surface area contributed by atoms with E-state index >= 15 is 0 Å². The second-order valence-corrected chi connectivity index (χ2v) is 7.14. The van der Waals surface area contributed by atoms with Gasteiger partial charge in [0.2, 0.25) is 0 Å². The molecule has 0 bridgehead atoms. The highest BCUT2D eigenvalue weighted by molar-refractivity contribution is 7.13. The molecule has 0 aromatic carbocycles. The molecule has 1 aliphatic rings. The topological polar surface area (TPSA) is 48.4 Å². The maximum atomic E-state index is 11.6. The van der Waals surface area contributed by atoms with Crippen LogP contribution in [-0.2, 0) is 15.1 Å². The molecule has 1 saturated carbocycles. The van der Waals surface area contributed by atoms with Crippen LogP contribution in [0.2, 0.25) is 0 Å². The van der Waals surface area contributed by atoms with Gasteiger partial charge in [-0.3, -0.25) is 0 Å². The molecule has 0 saturated heterocycles. The maximum Gasteiger partial charge on any atom is 0.349 e. The average molecular weight is 297 g/mol. The zero-order valence-electron chi connectivity index (χ0n) is 12.7. The molecule has 0 atom stereocenters. The molecule has 0 N–H and O–H groups in total. The Morgan fingerprint density at radius 3 is 2.55 bits per heavy atom.